The van der Waals surface area contributed by atoms with E-state index in [1.54, 1.807) is 0 Å². The van der Waals surface area contributed by atoms with Gasteiger partial charge in [0.05, 0.1) is 11.0 Å². The Morgan fingerprint density at radius 3 is 2.74 bits per heavy atom. The molecule has 34 heavy (non-hydrogen) atoms. The first-order chi connectivity index (χ1) is 16.3. The Bertz CT molecular complexity index is 1110. The largest absolute Gasteiger partial charge is 0.417 e. The Labute approximate surface area is 197 Å². The molecule has 1 amide bonds. The van der Waals surface area contributed by atoms with Crippen molar-refractivity contribution < 1.29 is 18.0 Å². The second kappa shape index (κ2) is 7.77. The lowest BCUT2D eigenvalue weighted by molar-refractivity contribution is -0.138. The fourth-order valence-corrected chi connectivity index (χ4v) is 7.14. The van der Waals surface area contributed by atoms with Crippen molar-refractivity contribution in [3.05, 3.63) is 59.2 Å². The van der Waals surface area contributed by atoms with Gasteiger partial charge in [-0.25, -0.2) is 0 Å². The molecular weight excluding hydrogens is 441 g/mol. The minimum Gasteiger partial charge on any atom is -0.334 e. The quantitative estimate of drug-likeness (QED) is 0.652. The number of pyridine rings is 2. The van der Waals surface area contributed by atoms with E-state index in [2.05, 4.69) is 33.9 Å². The van der Waals surface area contributed by atoms with Crippen molar-refractivity contribution in [3.8, 4) is 0 Å². The van der Waals surface area contributed by atoms with Gasteiger partial charge in [-0.3, -0.25) is 19.7 Å². The van der Waals surface area contributed by atoms with Crippen LogP contribution in [0.5, 0.6) is 0 Å². The predicted octanol–water partition coefficient (Wildman–Crippen LogP) is 4.43. The molecule has 5 nitrogen and oxygen atoms in total. The zero-order valence-electron chi connectivity index (χ0n) is 19.3. The lowest BCUT2D eigenvalue weighted by Crippen LogP contribution is -2.40. The molecular formula is C26H29F3N4O. The average Bonchev–Trinajstić information content (AvgIpc) is 3.54. The Balaban J connectivity index is 1.19. The number of carbonyl (C=O) groups excluding carboxylic acids is 1. The summed E-state index contributed by atoms with van der Waals surface area (Å²) < 4.78 is 39.6. The Morgan fingerprint density at radius 1 is 1.18 bits per heavy atom. The standard InChI is InChI=1S/C26H29F3N4O/c1-16-23-11-22-19(10-20(13-31-22)26(27,28)29)15-33(23)24(34)25(16)6-2-21(12-25)32-9-5-18(14-32)17-3-7-30-8-4-17/h3-4,7-8,10,13,16,18,21,23H,2,5-6,9,11-12,14-15H2,1H3/t16?,18?,21?,23?,25-/m0/s1. The molecule has 1 aliphatic carbocycles. The van der Waals surface area contributed by atoms with Gasteiger partial charge in [-0.2, -0.15) is 13.2 Å². The maximum Gasteiger partial charge on any atom is 0.417 e. The number of hydrogen-bond donors (Lipinski definition) is 0. The highest BCUT2D eigenvalue weighted by atomic mass is 19.4. The first kappa shape index (κ1) is 22.0. The second-order valence-corrected chi connectivity index (χ2v) is 10.6. The summed E-state index contributed by atoms with van der Waals surface area (Å²) in [4.78, 5) is 26.5. The van der Waals surface area contributed by atoms with Gasteiger partial charge in [0.25, 0.3) is 0 Å². The van der Waals surface area contributed by atoms with Crippen molar-refractivity contribution >= 4 is 5.91 Å². The number of rotatable bonds is 2. The maximum absolute atomic E-state index is 13.8. The lowest BCUT2D eigenvalue weighted by atomic mass is 9.73. The number of fused-ring (bicyclic) bond motifs is 2. The van der Waals surface area contributed by atoms with Crippen LogP contribution in [0.1, 0.15) is 60.9 Å². The Hall–Kier alpha value is -2.48. The number of halogens is 3. The minimum atomic E-state index is -4.43. The number of amides is 1. The van der Waals surface area contributed by atoms with Crippen molar-refractivity contribution in [2.24, 2.45) is 11.3 Å². The van der Waals surface area contributed by atoms with Crippen molar-refractivity contribution in [2.75, 3.05) is 13.1 Å². The molecule has 2 saturated heterocycles. The van der Waals surface area contributed by atoms with E-state index >= 15 is 0 Å². The van der Waals surface area contributed by atoms with E-state index in [-0.39, 0.29) is 24.4 Å². The summed E-state index contributed by atoms with van der Waals surface area (Å²) in [6.45, 7) is 4.46. The Morgan fingerprint density at radius 2 is 1.97 bits per heavy atom. The topological polar surface area (TPSA) is 49.3 Å². The summed E-state index contributed by atoms with van der Waals surface area (Å²) in [5, 5.41) is 0. The summed E-state index contributed by atoms with van der Waals surface area (Å²) in [6.07, 6.45) is 4.58. The van der Waals surface area contributed by atoms with Crippen molar-refractivity contribution in [1.29, 1.82) is 0 Å². The van der Waals surface area contributed by atoms with Crippen LogP contribution in [-0.4, -0.2) is 50.8 Å². The van der Waals surface area contributed by atoms with Crippen LogP contribution in [0.3, 0.4) is 0 Å². The molecule has 8 heteroatoms. The molecule has 4 aliphatic rings. The van der Waals surface area contributed by atoms with Gasteiger partial charge in [0, 0.05) is 55.9 Å². The van der Waals surface area contributed by atoms with E-state index in [9.17, 15) is 18.0 Å². The smallest absolute Gasteiger partial charge is 0.334 e. The number of hydrogen-bond acceptors (Lipinski definition) is 4. The number of nitrogens with zero attached hydrogens (tertiary/aromatic N) is 4. The first-order valence-corrected chi connectivity index (χ1v) is 12.3. The zero-order chi connectivity index (χ0) is 23.7. The monoisotopic (exact) mass is 470 g/mol. The molecule has 1 spiro atoms. The fourth-order valence-electron chi connectivity index (χ4n) is 7.14. The molecule has 180 valence electrons. The second-order valence-electron chi connectivity index (χ2n) is 10.6. The first-order valence-electron chi connectivity index (χ1n) is 12.3. The summed E-state index contributed by atoms with van der Waals surface area (Å²) in [5.41, 5.74) is 1.44. The van der Waals surface area contributed by atoms with Crippen LogP contribution in [0.15, 0.2) is 36.8 Å². The summed E-state index contributed by atoms with van der Waals surface area (Å²) in [6, 6.07) is 5.78. The van der Waals surface area contributed by atoms with Crippen LogP contribution in [-0.2, 0) is 23.9 Å². The lowest BCUT2D eigenvalue weighted by Gasteiger charge is -2.33. The summed E-state index contributed by atoms with van der Waals surface area (Å²) in [5.74, 6) is 0.812. The molecule has 5 heterocycles. The molecule has 3 aliphatic heterocycles. The SMILES string of the molecule is CC1C2Cc3ncc(C(F)(F)F)cc3CN2C(=O)[C@]12CCC(N1CCC(c3ccncc3)C1)C2. The highest BCUT2D eigenvalue weighted by Crippen LogP contribution is 2.55. The molecule has 6 rings (SSSR count). The third-order valence-electron chi connectivity index (χ3n) is 9.10. The van der Waals surface area contributed by atoms with Crippen molar-refractivity contribution in [1.82, 2.24) is 19.8 Å². The van der Waals surface area contributed by atoms with Gasteiger partial charge in [0.2, 0.25) is 5.91 Å². The highest BCUT2D eigenvalue weighted by Gasteiger charge is 2.61. The molecule has 2 aromatic heterocycles. The maximum atomic E-state index is 13.8. The number of carbonyl (C=O) groups is 1. The molecule has 5 atom stereocenters. The van der Waals surface area contributed by atoms with Crippen LogP contribution in [0.4, 0.5) is 13.2 Å². The number of likely N-dealkylation sites (tertiary alicyclic amines) is 1. The third kappa shape index (κ3) is 3.36. The molecule has 0 bridgehead atoms. The molecule has 0 N–H and O–H groups in total. The Kier molecular flexibility index (Phi) is 5.03. The van der Waals surface area contributed by atoms with Crippen LogP contribution >= 0.6 is 0 Å². The van der Waals surface area contributed by atoms with E-state index in [0.717, 1.165) is 45.0 Å². The molecule has 0 radical (unpaired) electrons. The van der Waals surface area contributed by atoms with Gasteiger partial charge in [-0.05, 0) is 73.4 Å². The average molecular weight is 471 g/mol. The van der Waals surface area contributed by atoms with Crippen molar-refractivity contribution in [3.63, 3.8) is 0 Å². The van der Waals surface area contributed by atoms with Crippen LogP contribution < -0.4 is 0 Å². The predicted molar refractivity (Wildman–Crippen MR) is 120 cm³/mol. The fraction of sp³-hybridized carbons (Fsp3) is 0.577. The van der Waals surface area contributed by atoms with Gasteiger partial charge >= 0.3 is 6.18 Å². The van der Waals surface area contributed by atoms with E-state index < -0.39 is 17.2 Å². The van der Waals surface area contributed by atoms with Crippen molar-refractivity contribution in [2.45, 2.75) is 69.8 Å². The summed E-state index contributed by atoms with van der Waals surface area (Å²) in [7, 11) is 0. The van der Waals surface area contributed by atoms with Crippen LogP contribution in [0.25, 0.3) is 0 Å². The minimum absolute atomic E-state index is 0.0196. The van der Waals surface area contributed by atoms with E-state index in [0.29, 0.717) is 29.6 Å². The van der Waals surface area contributed by atoms with E-state index in [4.69, 9.17) is 0 Å². The molecule has 3 fully saturated rings. The van der Waals surface area contributed by atoms with E-state index in [1.807, 2.05) is 17.3 Å². The van der Waals surface area contributed by atoms with Gasteiger partial charge in [-0.15, -0.1) is 0 Å². The molecule has 2 aromatic rings. The van der Waals surface area contributed by atoms with Gasteiger partial charge in [0.1, 0.15) is 0 Å². The highest BCUT2D eigenvalue weighted by molar-refractivity contribution is 5.87. The van der Waals surface area contributed by atoms with Gasteiger partial charge in [0.15, 0.2) is 0 Å². The van der Waals surface area contributed by atoms with Gasteiger partial charge in [-0.1, -0.05) is 6.92 Å². The normalized spacial score (nSPS) is 33.5. The molecule has 0 aromatic carbocycles. The molecule has 4 unspecified atom stereocenters. The molecule has 1 saturated carbocycles. The van der Waals surface area contributed by atoms with E-state index in [1.165, 1.54) is 11.6 Å². The van der Waals surface area contributed by atoms with Crippen LogP contribution in [0, 0.1) is 11.3 Å². The van der Waals surface area contributed by atoms with Crippen LogP contribution in [0.2, 0.25) is 0 Å². The number of alkyl halides is 3. The summed E-state index contributed by atoms with van der Waals surface area (Å²) >= 11 is 0. The zero-order valence-corrected chi connectivity index (χ0v) is 19.3. The third-order valence-corrected chi connectivity index (χ3v) is 9.10. The number of aromatic nitrogens is 2. The van der Waals surface area contributed by atoms with Gasteiger partial charge < -0.3 is 4.90 Å².